The zero-order valence-corrected chi connectivity index (χ0v) is 40.4. The van der Waals surface area contributed by atoms with Gasteiger partial charge in [-0.15, -0.1) is 5.54 Å². The van der Waals surface area contributed by atoms with Crippen LogP contribution in [0.2, 0.25) is 16.6 Å². The Hall–Kier alpha value is -4.62. The number of halogens is 2. The maximum absolute atomic E-state index is 17.9. The summed E-state index contributed by atoms with van der Waals surface area (Å²) in [5, 5.41) is 4.56. The maximum atomic E-state index is 17.9. The lowest BCUT2D eigenvalue weighted by Gasteiger charge is -2.42. The first-order chi connectivity index (χ1) is 31.2. The van der Waals surface area contributed by atoms with Gasteiger partial charge < -0.3 is 34.1 Å². The highest BCUT2D eigenvalue weighted by molar-refractivity contribution is 6.90. The molecule has 0 spiro atoms. The average Bonchev–Trinajstić information content (AvgIpc) is 3.53. The molecule has 2 aromatic carbocycles. The van der Waals surface area contributed by atoms with Crippen LogP contribution in [0.5, 0.6) is 11.8 Å². The highest BCUT2D eigenvalue weighted by Gasteiger charge is 2.45. The van der Waals surface area contributed by atoms with Gasteiger partial charge in [-0.25, -0.2) is 13.6 Å². The molecule has 1 amide bonds. The van der Waals surface area contributed by atoms with E-state index in [1.54, 1.807) is 30.0 Å². The summed E-state index contributed by atoms with van der Waals surface area (Å²) in [6, 6.07) is 5.91. The molecular weight excluding hydrogens is 833 g/mol. The monoisotopic (exact) mass is 902 g/mol. The van der Waals surface area contributed by atoms with E-state index in [1.807, 2.05) is 30.6 Å². The van der Waals surface area contributed by atoms with E-state index < -0.39 is 37.7 Å². The van der Waals surface area contributed by atoms with Crippen molar-refractivity contribution >= 4 is 41.7 Å². The van der Waals surface area contributed by atoms with Gasteiger partial charge in [0.2, 0.25) is 0 Å². The van der Waals surface area contributed by atoms with E-state index in [-0.39, 0.29) is 59.9 Å². The van der Waals surface area contributed by atoms with Gasteiger partial charge in [-0.1, -0.05) is 60.5 Å². The van der Waals surface area contributed by atoms with Gasteiger partial charge >= 0.3 is 12.1 Å². The Morgan fingerprint density at radius 3 is 2.28 bits per heavy atom. The maximum Gasteiger partial charge on any atom is 0.410 e. The predicted molar refractivity (Wildman–Crippen MR) is 252 cm³/mol. The molecule has 3 saturated heterocycles. The van der Waals surface area contributed by atoms with Crippen molar-refractivity contribution in [2.24, 2.45) is 5.92 Å². The van der Waals surface area contributed by atoms with Gasteiger partial charge in [-0.2, -0.15) is 9.97 Å². The van der Waals surface area contributed by atoms with Crippen molar-refractivity contribution in [3.05, 3.63) is 47.7 Å². The fourth-order valence-electron chi connectivity index (χ4n) is 10.1. The molecule has 3 aliphatic rings. The molecule has 2 bridgehead atoms. The second-order valence-corrected chi connectivity index (χ2v) is 25.0. The Bertz CT molecular complexity index is 2450. The number of rotatable bonds is 13. The van der Waals surface area contributed by atoms with Crippen LogP contribution in [0.1, 0.15) is 90.4 Å². The van der Waals surface area contributed by atoms with Crippen molar-refractivity contribution in [3.63, 3.8) is 0 Å². The third-order valence-electron chi connectivity index (χ3n) is 12.9. The number of carbonyl (C=O) groups is 1. The molecule has 346 valence electrons. The number of amides is 1. The molecular formula is C49H67F2N7O5Si. The van der Waals surface area contributed by atoms with Gasteiger partial charge in [0.05, 0.1) is 29.6 Å². The normalized spacial score (nSPS) is 19.6. The van der Waals surface area contributed by atoms with Crippen LogP contribution in [0, 0.1) is 29.0 Å². The van der Waals surface area contributed by atoms with E-state index in [9.17, 15) is 4.79 Å². The molecule has 1 N–H and O–H groups in total. The molecule has 12 nitrogen and oxygen atoms in total. The SMILES string of the molecule is [2H]C([2H])([C@@H](C)COc1nc(N2CC3CCC(C2)N3C(=O)OC(C)(C)C)c2cnc(-c3cc(OCOC)cc4ccc(F)c(C#C[Si](C(C)C)(C(C)C)C(C)C)c34)c(F)c2n1)N1CCNCC1. The van der Waals surface area contributed by atoms with Crippen LogP contribution in [0.25, 0.3) is 32.9 Å². The number of piperazine rings is 2. The van der Waals surface area contributed by atoms with Crippen molar-refractivity contribution < 1.29 is 35.3 Å². The molecule has 64 heavy (non-hydrogen) atoms. The number of pyridine rings is 1. The smallest absolute Gasteiger partial charge is 0.410 e. The Labute approximate surface area is 381 Å². The predicted octanol–water partition coefficient (Wildman–Crippen LogP) is 9.18. The number of carbonyl (C=O) groups excluding carboxylic acids is 1. The first-order valence-electron chi connectivity index (χ1n) is 23.8. The Morgan fingerprint density at radius 1 is 0.984 bits per heavy atom. The van der Waals surface area contributed by atoms with Gasteiger partial charge in [0.15, 0.2) is 12.6 Å². The van der Waals surface area contributed by atoms with Crippen molar-refractivity contribution in [2.75, 3.05) is 71.2 Å². The number of benzene rings is 2. The zero-order valence-electron chi connectivity index (χ0n) is 41.4. The average molecular weight is 902 g/mol. The van der Waals surface area contributed by atoms with Crippen molar-refractivity contribution in [2.45, 2.75) is 116 Å². The number of ether oxygens (including phenoxy) is 4. The quantitative estimate of drug-likeness (QED) is 0.0788. The van der Waals surface area contributed by atoms with Crippen LogP contribution >= 0.6 is 0 Å². The minimum atomic E-state index is -2.34. The van der Waals surface area contributed by atoms with Gasteiger partial charge in [0.1, 0.15) is 42.3 Å². The highest BCUT2D eigenvalue weighted by Crippen LogP contribution is 2.43. The Morgan fingerprint density at radius 2 is 1.66 bits per heavy atom. The standard InChI is InChI=1S/C49H67F2N7O5Si/c1-30(2)64(31(3)4,32(5)6)21-16-38-41(50)15-12-34-22-37(62-29-60-11)23-39(42(34)38)44-43(51)45-40(24-53-44)46(55-47(54-45)61-28-33(7)25-56-19-17-52-18-20-56)57-26-35-13-14-36(27-57)58(35)48(59)63-49(8,9)10/h12,15,22-24,30-33,35-36,52H,13-14,17-20,25-29H2,1-11H3/t33-,35?,36?/m1/s1/i25D2. The summed E-state index contributed by atoms with van der Waals surface area (Å²) in [5.41, 5.74) is 4.12. The number of anilines is 1. The van der Waals surface area contributed by atoms with E-state index in [0.29, 0.717) is 83.6 Å². The fraction of sp³-hybridized carbons (Fsp3) is 0.592. The molecule has 3 atom stereocenters. The Kier molecular flexibility index (Phi) is 13.6. The lowest BCUT2D eigenvalue weighted by molar-refractivity contribution is 0.0122. The summed E-state index contributed by atoms with van der Waals surface area (Å²) < 4.78 is 75.5. The first kappa shape index (κ1) is 44.6. The second-order valence-electron chi connectivity index (χ2n) is 19.5. The Balaban J connectivity index is 1.39. The molecule has 3 fully saturated rings. The first-order valence-corrected chi connectivity index (χ1v) is 25.0. The van der Waals surface area contributed by atoms with Crippen LogP contribution in [0.3, 0.4) is 0 Å². The van der Waals surface area contributed by atoms with Crippen LogP contribution in [-0.4, -0.2) is 123 Å². The minimum absolute atomic E-state index is 0.0778. The van der Waals surface area contributed by atoms with E-state index in [0.717, 1.165) is 12.8 Å². The topological polar surface area (TPSA) is 114 Å². The molecule has 4 aromatic rings. The molecule has 0 aliphatic carbocycles. The lowest BCUT2D eigenvalue weighted by Crippen LogP contribution is -2.57. The van der Waals surface area contributed by atoms with E-state index in [4.69, 9.17) is 31.7 Å². The summed E-state index contributed by atoms with van der Waals surface area (Å²) in [4.78, 5) is 33.4. The molecule has 7 rings (SSSR count). The minimum Gasteiger partial charge on any atom is -0.468 e. The van der Waals surface area contributed by atoms with Crippen molar-refractivity contribution in [3.8, 4) is 34.5 Å². The number of methoxy groups -OCH3 is 1. The highest BCUT2D eigenvalue weighted by atomic mass is 28.3. The zero-order chi connectivity index (χ0) is 47.9. The number of fused-ring (bicyclic) bond motifs is 4. The largest absolute Gasteiger partial charge is 0.468 e. The number of aromatic nitrogens is 3. The summed E-state index contributed by atoms with van der Waals surface area (Å²) >= 11 is 0. The number of hydrogen-bond acceptors (Lipinski definition) is 11. The summed E-state index contributed by atoms with van der Waals surface area (Å²) in [7, 11) is -0.836. The lowest BCUT2D eigenvalue weighted by atomic mass is 9.95. The fourth-order valence-corrected chi connectivity index (χ4v) is 15.3. The molecule has 3 aliphatic heterocycles. The summed E-state index contributed by atoms with van der Waals surface area (Å²) in [6.07, 6.45) is 2.68. The van der Waals surface area contributed by atoms with Gasteiger partial charge in [0, 0.05) is 78.7 Å². The second kappa shape index (κ2) is 19.5. The number of nitrogens with one attached hydrogen (secondary N) is 1. The van der Waals surface area contributed by atoms with Crippen LogP contribution in [-0.2, 0) is 9.47 Å². The van der Waals surface area contributed by atoms with Crippen molar-refractivity contribution in [1.29, 1.82) is 0 Å². The number of nitrogens with zero attached hydrogens (tertiary/aromatic N) is 6. The third-order valence-corrected chi connectivity index (χ3v) is 19.2. The molecule has 2 aromatic heterocycles. The molecule has 2 unspecified atom stereocenters. The van der Waals surface area contributed by atoms with E-state index in [2.05, 4.69) is 63.3 Å². The van der Waals surface area contributed by atoms with E-state index >= 15 is 8.78 Å². The van der Waals surface area contributed by atoms with Crippen molar-refractivity contribution in [1.82, 2.24) is 30.1 Å². The molecule has 0 radical (unpaired) electrons. The summed E-state index contributed by atoms with van der Waals surface area (Å²) in [5.74, 6) is 2.14. The molecule has 0 saturated carbocycles. The molecule has 5 heterocycles. The third kappa shape index (κ3) is 9.81. The number of hydrogen-bond donors (Lipinski definition) is 1. The van der Waals surface area contributed by atoms with Gasteiger partial charge in [-0.05, 0) is 73.8 Å². The van der Waals surface area contributed by atoms with Crippen LogP contribution < -0.4 is 19.7 Å². The van der Waals surface area contributed by atoms with Crippen LogP contribution in [0.15, 0.2) is 30.5 Å². The van der Waals surface area contributed by atoms with Gasteiger partial charge in [0.25, 0.3) is 0 Å². The molecule has 15 heteroatoms. The van der Waals surface area contributed by atoms with Gasteiger partial charge in [-0.3, -0.25) is 9.88 Å². The van der Waals surface area contributed by atoms with E-state index in [1.165, 1.54) is 19.4 Å². The summed E-state index contributed by atoms with van der Waals surface area (Å²) in [6.45, 7) is 21.9. The van der Waals surface area contributed by atoms with Crippen LogP contribution in [0.4, 0.5) is 19.4 Å².